The molecular weight excluding hydrogens is 335 g/mol. The van der Waals surface area contributed by atoms with Gasteiger partial charge in [-0.3, -0.25) is 4.79 Å². The highest BCUT2D eigenvalue weighted by Crippen LogP contribution is 2.37. The zero-order valence-corrected chi connectivity index (χ0v) is 11.0. The van der Waals surface area contributed by atoms with E-state index in [1.54, 1.807) is 0 Å². The second-order valence-corrected chi connectivity index (χ2v) is 4.95. The quantitative estimate of drug-likeness (QED) is 0.481. The first-order valence-corrected chi connectivity index (χ1v) is 6.58. The van der Waals surface area contributed by atoms with Gasteiger partial charge in [0, 0.05) is 4.90 Å². The van der Waals surface area contributed by atoms with Crippen molar-refractivity contribution in [2.24, 2.45) is 0 Å². The first-order valence-electron chi connectivity index (χ1n) is 4.64. The summed E-state index contributed by atoms with van der Waals surface area (Å²) in [6.07, 6.45) is 0. The molecule has 0 aliphatic carbocycles. The maximum absolute atomic E-state index is 12.2. The number of aromatic nitrogens is 1. The van der Waals surface area contributed by atoms with Gasteiger partial charge < -0.3 is 4.42 Å². The number of thioether (sulfide) groups is 1. The normalized spacial score (nSPS) is 12.0. The summed E-state index contributed by atoms with van der Waals surface area (Å²) < 4.78 is 41.7. The number of oxazole rings is 1. The smallest absolute Gasteiger partial charge is 0.434 e. The number of benzene rings is 1. The van der Waals surface area contributed by atoms with Gasteiger partial charge in [-0.05, 0) is 30.0 Å². The molecule has 1 heterocycles. The van der Waals surface area contributed by atoms with Crippen LogP contribution in [0.1, 0.15) is 10.7 Å². The highest BCUT2D eigenvalue weighted by molar-refractivity contribution is 9.09. The Morgan fingerprint density at radius 2 is 2.17 bits per heavy atom. The van der Waals surface area contributed by atoms with Gasteiger partial charge in [-0.2, -0.15) is 13.2 Å². The van der Waals surface area contributed by atoms with E-state index in [1.165, 1.54) is 18.2 Å². The summed E-state index contributed by atoms with van der Waals surface area (Å²) in [6.45, 7) is 0. The van der Waals surface area contributed by atoms with Crippen molar-refractivity contribution in [3.05, 3.63) is 24.1 Å². The molecule has 0 saturated carbocycles. The molecule has 0 aliphatic heterocycles. The summed E-state index contributed by atoms with van der Waals surface area (Å²) in [4.78, 5) is 15.2. The molecule has 0 radical (unpaired) electrons. The van der Waals surface area contributed by atoms with Crippen molar-refractivity contribution in [1.82, 2.24) is 4.98 Å². The lowest BCUT2D eigenvalue weighted by atomic mass is 10.3. The zero-order valence-electron chi connectivity index (χ0n) is 8.62. The molecule has 3 nitrogen and oxygen atoms in total. The van der Waals surface area contributed by atoms with Crippen molar-refractivity contribution in [2.75, 3.05) is 5.33 Å². The first kappa shape index (κ1) is 13.4. The molecule has 8 heteroatoms. The third-order valence-corrected chi connectivity index (χ3v) is 3.18. The Morgan fingerprint density at radius 1 is 1.44 bits per heavy atom. The Hall–Kier alpha value is -1.02. The maximum atomic E-state index is 12.2. The molecular formula is C10H5BrF3NO2S. The highest BCUT2D eigenvalue weighted by atomic mass is 79.9. The van der Waals surface area contributed by atoms with Gasteiger partial charge in [-0.15, -0.1) is 0 Å². The third-order valence-electron chi connectivity index (χ3n) is 1.95. The number of carbonyl (C=O) groups excluding carboxylic acids is 1. The van der Waals surface area contributed by atoms with Crippen molar-refractivity contribution in [2.45, 2.75) is 10.4 Å². The van der Waals surface area contributed by atoms with Gasteiger partial charge in [0.2, 0.25) is 5.78 Å². The molecule has 2 rings (SSSR count). The van der Waals surface area contributed by atoms with E-state index in [0.29, 0.717) is 5.52 Å². The third kappa shape index (κ3) is 3.05. The molecule has 0 saturated heterocycles. The number of nitrogens with zero attached hydrogens (tertiary/aromatic N) is 1. The topological polar surface area (TPSA) is 43.1 Å². The van der Waals surface area contributed by atoms with Crippen molar-refractivity contribution >= 4 is 44.6 Å². The molecule has 96 valence electrons. The average Bonchev–Trinajstić information content (AvgIpc) is 2.68. The minimum Gasteiger partial charge on any atom is -0.434 e. The van der Waals surface area contributed by atoms with Crippen LogP contribution in [0.5, 0.6) is 0 Å². The van der Waals surface area contributed by atoms with Crippen LogP contribution in [0.2, 0.25) is 0 Å². The molecule has 0 atom stereocenters. The van der Waals surface area contributed by atoms with Crippen molar-refractivity contribution in [3.8, 4) is 0 Å². The second kappa shape index (κ2) is 4.93. The Labute approximate surface area is 112 Å². The summed E-state index contributed by atoms with van der Waals surface area (Å²) >= 11 is 2.72. The van der Waals surface area contributed by atoms with Crippen LogP contribution in [0.25, 0.3) is 11.1 Å². The number of ketones is 1. The zero-order chi connectivity index (χ0) is 13.3. The summed E-state index contributed by atoms with van der Waals surface area (Å²) in [5.41, 5.74) is -3.85. The molecule has 1 aromatic heterocycles. The Bertz CT molecular complexity index is 596. The monoisotopic (exact) mass is 339 g/mol. The summed E-state index contributed by atoms with van der Waals surface area (Å²) in [6, 6.07) is 3.88. The summed E-state index contributed by atoms with van der Waals surface area (Å²) in [5.74, 6) is -0.479. The number of hydrogen-bond donors (Lipinski definition) is 0. The molecule has 0 N–H and O–H groups in total. The number of carbonyl (C=O) groups is 1. The number of rotatable bonds is 3. The van der Waals surface area contributed by atoms with E-state index in [9.17, 15) is 18.0 Å². The fourth-order valence-electron chi connectivity index (χ4n) is 1.28. The predicted molar refractivity (Wildman–Crippen MR) is 64.0 cm³/mol. The van der Waals surface area contributed by atoms with E-state index >= 15 is 0 Å². The van der Waals surface area contributed by atoms with Crippen LogP contribution in [-0.2, 0) is 0 Å². The molecule has 0 spiro atoms. The lowest BCUT2D eigenvalue weighted by Gasteiger charge is -2.04. The highest BCUT2D eigenvalue weighted by Gasteiger charge is 2.29. The van der Waals surface area contributed by atoms with Crippen LogP contribution >= 0.6 is 27.7 Å². The van der Waals surface area contributed by atoms with Crippen LogP contribution in [-0.4, -0.2) is 21.6 Å². The van der Waals surface area contributed by atoms with Gasteiger partial charge in [0.15, 0.2) is 5.58 Å². The van der Waals surface area contributed by atoms with Crippen LogP contribution < -0.4 is 0 Å². The number of halogens is 4. The van der Waals surface area contributed by atoms with E-state index in [-0.39, 0.29) is 39.2 Å². The predicted octanol–water partition coefficient (Wildman–Crippen LogP) is 4.02. The van der Waals surface area contributed by atoms with Gasteiger partial charge in [0.25, 0.3) is 5.89 Å². The lowest BCUT2D eigenvalue weighted by molar-refractivity contribution is -0.0328. The van der Waals surface area contributed by atoms with Crippen LogP contribution in [0.3, 0.4) is 0 Å². The fraction of sp³-hybridized carbons (Fsp3) is 0.200. The molecule has 2 aromatic rings. The van der Waals surface area contributed by atoms with Gasteiger partial charge in [-0.1, -0.05) is 15.9 Å². The van der Waals surface area contributed by atoms with Crippen LogP contribution in [0.15, 0.2) is 27.5 Å². The number of Topliss-reactive ketones (excluding diaryl/α,β-unsaturated/α-hetero) is 1. The van der Waals surface area contributed by atoms with E-state index in [2.05, 4.69) is 20.9 Å². The Balaban J connectivity index is 2.37. The van der Waals surface area contributed by atoms with Crippen LogP contribution in [0.4, 0.5) is 13.2 Å². The molecule has 0 unspecified atom stereocenters. The average molecular weight is 340 g/mol. The standard InChI is InChI=1S/C10H5BrF3NO2S/c11-4-7(16)9-15-6-2-1-5(3-8(6)17-9)18-10(12,13)14/h1-3H,4H2. The lowest BCUT2D eigenvalue weighted by Crippen LogP contribution is -1.99. The number of alkyl halides is 4. The molecule has 0 bridgehead atoms. The SMILES string of the molecule is O=C(CBr)c1nc2ccc(SC(F)(F)F)cc2o1. The van der Waals surface area contributed by atoms with Gasteiger partial charge in [0.05, 0.1) is 5.33 Å². The van der Waals surface area contributed by atoms with Crippen LogP contribution in [0, 0.1) is 0 Å². The van der Waals surface area contributed by atoms with E-state index in [4.69, 9.17) is 4.42 Å². The largest absolute Gasteiger partial charge is 0.446 e. The van der Waals surface area contributed by atoms with Crippen molar-refractivity contribution in [1.29, 1.82) is 0 Å². The van der Waals surface area contributed by atoms with Gasteiger partial charge in [-0.25, -0.2) is 4.98 Å². The molecule has 1 aromatic carbocycles. The number of fused-ring (bicyclic) bond motifs is 1. The Kier molecular flexibility index (Phi) is 3.67. The number of hydrogen-bond acceptors (Lipinski definition) is 4. The maximum Gasteiger partial charge on any atom is 0.446 e. The van der Waals surface area contributed by atoms with Gasteiger partial charge >= 0.3 is 5.51 Å². The van der Waals surface area contributed by atoms with E-state index in [0.717, 1.165) is 0 Å². The summed E-state index contributed by atoms with van der Waals surface area (Å²) in [5, 5.41) is 0.0456. The van der Waals surface area contributed by atoms with Crippen molar-refractivity contribution < 1.29 is 22.4 Å². The molecule has 0 fully saturated rings. The molecule has 0 aliphatic rings. The van der Waals surface area contributed by atoms with E-state index < -0.39 is 5.51 Å². The Morgan fingerprint density at radius 3 is 2.78 bits per heavy atom. The second-order valence-electron chi connectivity index (χ2n) is 3.25. The molecule has 18 heavy (non-hydrogen) atoms. The first-order chi connectivity index (χ1) is 8.39. The minimum absolute atomic E-state index is 0.0102. The van der Waals surface area contributed by atoms with Gasteiger partial charge in [0.1, 0.15) is 5.52 Å². The summed E-state index contributed by atoms with van der Waals surface area (Å²) in [7, 11) is 0. The van der Waals surface area contributed by atoms with E-state index in [1.807, 2.05) is 0 Å². The van der Waals surface area contributed by atoms with Crippen molar-refractivity contribution in [3.63, 3.8) is 0 Å². The minimum atomic E-state index is -4.36. The molecule has 0 amide bonds. The fourth-order valence-corrected chi connectivity index (χ4v) is 2.09.